The molecule has 0 saturated carbocycles. The van der Waals surface area contributed by atoms with Crippen molar-refractivity contribution in [2.24, 2.45) is 5.73 Å². The van der Waals surface area contributed by atoms with E-state index in [0.29, 0.717) is 22.6 Å². The van der Waals surface area contributed by atoms with Crippen LogP contribution in [-0.2, 0) is 17.9 Å². The van der Waals surface area contributed by atoms with Crippen LogP contribution in [0, 0.1) is 5.82 Å². The summed E-state index contributed by atoms with van der Waals surface area (Å²) in [7, 11) is 0. The molecular weight excluding hydrogens is 497 g/mol. The molecule has 12 nitrogen and oxygen atoms in total. The summed E-state index contributed by atoms with van der Waals surface area (Å²) in [6.07, 6.45) is 1.43. The fourth-order valence-electron chi connectivity index (χ4n) is 3.90. The summed E-state index contributed by atoms with van der Waals surface area (Å²) in [5.41, 5.74) is 7.03. The van der Waals surface area contributed by atoms with Gasteiger partial charge in [-0.15, -0.1) is 0 Å². The third-order valence-corrected chi connectivity index (χ3v) is 5.73. The molecule has 192 valence electrons. The van der Waals surface area contributed by atoms with Crippen molar-refractivity contribution in [2.75, 3.05) is 11.9 Å². The normalized spacial score (nSPS) is 12.3. The molecule has 0 saturated heterocycles. The molecule has 38 heavy (non-hydrogen) atoms. The summed E-state index contributed by atoms with van der Waals surface area (Å²) in [5, 5.41) is 12.2. The van der Waals surface area contributed by atoms with E-state index in [0.717, 1.165) is 12.1 Å². The Balaban J connectivity index is 1.32. The summed E-state index contributed by atoms with van der Waals surface area (Å²) < 4.78 is 20.1. The SMILES string of the molecule is NC(=O)c1cc(F)ccc1CNC(=O)c1cc(C(=O)NCc2ccc3c(c2)NC(=O)CO3)nc2ccnn12. The van der Waals surface area contributed by atoms with Crippen LogP contribution in [0.25, 0.3) is 5.65 Å². The smallest absolute Gasteiger partial charge is 0.270 e. The molecule has 13 heteroatoms. The van der Waals surface area contributed by atoms with Gasteiger partial charge in [-0.1, -0.05) is 12.1 Å². The van der Waals surface area contributed by atoms with Gasteiger partial charge in [0.15, 0.2) is 12.3 Å². The number of aromatic nitrogens is 3. The van der Waals surface area contributed by atoms with Gasteiger partial charge in [0, 0.05) is 30.8 Å². The molecule has 0 aliphatic carbocycles. The molecular formula is C25H20FN7O5. The minimum atomic E-state index is -0.833. The monoisotopic (exact) mass is 517 g/mol. The van der Waals surface area contributed by atoms with E-state index in [4.69, 9.17) is 10.5 Å². The van der Waals surface area contributed by atoms with E-state index in [1.165, 1.54) is 28.9 Å². The van der Waals surface area contributed by atoms with Crippen LogP contribution in [0.1, 0.15) is 42.5 Å². The number of primary amides is 1. The number of amides is 4. The number of anilines is 1. The molecule has 1 aliphatic heterocycles. The number of hydrogen-bond donors (Lipinski definition) is 4. The van der Waals surface area contributed by atoms with Crippen molar-refractivity contribution in [3.8, 4) is 5.75 Å². The van der Waals surface area contributed by atoms with E-state index in [9.17, 15) is 23.6 Å². The molecule has 1 aliphatic rings. The van der Waals surface area contributed by atoms with Crippen LogP contribution in [0.2, 0.25) is 0 Å². The first kappa shape index (κ1) is 24.4. The molecule has 2 aromatic carbocycles. The van der Waals surface area contributed by atoms with Gasteiger partial charge in [0.1, 0.15) is 23.0 Å². The fourth-order valence-corrected chi connectivity index (χ4v) is 3.90. The fraction of sp³-hybridized carbons (Fsp3) is 0.120. The van der Waals surface area contributed by atoms with E-state index in [-0.39, 0.29) is 48.2 Å². The van der Waals surface area contributed by atoms with E-state index in [1.54, 1.807) is 18.2 Å². The third kappa shape index (κ3) is 4.97. The maximum Gasteiger partial charge on any atom is 0.270 e. The first-order valence-corrected chi connectivity index (χ1v) is 11.3. The van der Waals surface area contributed by atoms with E-state index in [2.05, 4.69) is 26.0 Å². The predicted molar refractivity (Wildman–Crippen MR) is 131 cm³/mol. The van der Waals surface area contributed by atoms with Crippen LogP contribution in [0.15, 0.2) is 54.7 Å². The number of benzene rings is 2. The van der Waals surface area contributed by atoms with Crippen molar-refractivity contribution in [3.05, 3.63) is 88.6 Å². The van der Waals surface area contributed by atoms with Crippen LogP contribution in [-0.4, -0.2) is 44.8 Å². The zero-order valence-electron chi connectivity index (χ0n) is 19.7. The highest BCUT2D eigenvalue weighted by Gasteiger charge is 2.20. The third-order valence-electron chi connectivity index (χ3n) is 5.73. The van der Waals surface area contributed by atoms with Crippen LogP contribution in [0.5, 0.6) is 5.75 Å². The van der Waals surface area contributed by atoms with Gasteiger partial charge in [-0.05, 0) is 35.4 Å². The first-order chi connectivity index (χ1) is 18.3. The summed E-state index contributed by atoms with van der Waals surface area (Å²) in [6, 6.07) is 11.4. The second-order valence-corrected chi connectivity index (χ2v) is 8.33. The van der Waals surface area contributed by atoms with Gasteiger partial charge in [0.05, 0.1) is 11.9 Å². The number of ether oxygens (including phenoxy) is 1. The van der Waals surface area contributed by atoms with Gasteiger partial charge >= 0.3 is 0 Å². The summed E-state index contributed by atoms with van der Waals surface area (Å²) in [6.45, 7) is -0.0589. The van der Waals surface area contributed by atoms with E-state index < -0.39 is 23.5 Å². The molecule has 3 heterocycles. The van der Waals surface area contributed by atoms with Gasteiger partial charge in [0.2, 0.25) is 5.91 Å². The van der Waals surface area contributed by atoms with Crippen LogP contribution >= 0.6 is 0 Å². The Morgan fingerprint density at radius 2 is 1.87 bits per heavy atom. The van der Waals surface area contributed by atoms with Crippen LogP contribution in [0.3, 0.4) is 0 Å². The van der Waals surface area contributed by atoms with Crippen LogP contribution in [0.4, 0.5) is 10.1 Å². The van der Waals surface area contributed by atoms with Crippen molar-refractivity contribution in [1.29, 1.82) is 0 Å². The summed E-state index contributed by atoms with van der Waals surface area (Å²) in [4.78, 5) is 53.4. The number of fused-ring (bicyclic) bond motifs is 2. The Morgan fingerprint density at radius 1 is 1.05 bits per heavy atom. The number of carbonyl (C=O) groups is 4. The number of nitrogens with two attached hydrogens (primary N) is 1. The van der Waals surface area contributed by atoms with Crippen molar-refractivity contribution < 1.29 is 28.3 Å². The molecule has 4 amide bonds. The minimum Gasteiger partial charge on any atom is -0.482 e. The van der Waals surface area contributed by atoms with E-state index >= 15 is 0 Å². The van der Waals surface area contributed by atoms with E-state index in [1.807, 2.05) is 0 Å². The molecule has 0 bridgehead atoms. The number of nitrogens with zero attached hydrogens (tertiary/aromatic N) is 3. The number of hydrogen-bond acceptors (Lipinski definition) is 7. The van der Waals surface area contributed by atoms with Crippen LogP contribution < -0.4 is 26.4 Å². The zero-order valence-corrected chi connectivity index (χ0v) is 19.7. The number of nitrogens with one attached hydrogen (secondary N) is 3. The average molecular weight is 517 g/mol. The van der Waals surface area contributed by atoms with Gasteiger partial charge in [-0.25, -0.2) is 13.9 Å². The predicted octanol–water partition coefficient (Wildman–Crippen LogP) is 1.16. The second kappa shape index (κ2) is 9.97. The molecule has 0 radical (unpaired) electrons. The Bertz CT molecular complexity index is 1620. The Morgan fingerprint density at radius 3 is 2.68 bits per heavy atom. The van der Waals surface area contributed by atoms with Gasteiger partial charge in [-0.3, -0.25) is 19.2 Å². The molecule has 5 rings (SSSR count). The average Bonchev–Trinajstić information content (AvgIpc) is 3.38. The van der Waals surface area contributed by atoms with Crippen molar-refractivity contribution in [1.82, 2.24) is 25.2 Å². The second-order valence-electron chi connectivity index (χ2n) is 8.33. The Hall–Kier alpha value is -5.33. The zero-order chi connectivity index (χ0) is 26.8. The number of halogens is 1. The van der Waals surface area contributed by atoms with Gasteiger partial charge < -0.3 is 26.4 Å². The highest BCUT2D eigenvalue weighted by molar-refractivity contribution is 5.99. The lowest BCUT2D eigenvalue weighted by Gasteiger charge is -2.18. The highest BCUT2D eigenvalue weighted by Crippen LogP contribution is 2.28. The van der Waals surface area contributed by atoms with Crippen molar-refractivity contribution >= 4 is 35.0 Å². The maximum atomic E-state index is 13.5. The molecule has 0 fully saturated rings. The van der Waals surface area contributed by atoms with Gasteiger partial charge in [0.25, 0.3) is 17.7 Å². The molecule has 0 unspecified atom stereocenters. The maximum absolute atomic E-state index is 13.5. The lowest BCUT2D eigenvalue weighted by atomic mass is 10.1. The number of carbonyl (C=O) groups excluding carboxylic acids is 4. The highest BCUT2D eigenvalue weighted by atomic mass is 19.1. The molecule has 4 aromatic rings. The lowest BCUT2D eigenvalue weighted by Crippen LogP contribution is -2.29. The molecule has 5 N–H and O–H groups in total. The summed E-state index contributed by atoms with van der Waals surface area (Å²) >= 11 is 0. The first-order valence-electron chi connectivity index (χ1n) is 11.3. The quantitative estimate of drug-likeness (QED) is 0.285. The standard InChI is InChI=1S/C25H20FN7O5/c26-15-3-2-14(16(8-15)23(27)35)11-29-25(37)19-9-18(31-21-5-6-30-33(19)21)24(36)28-10-13-1-4-20-17(7-13)32-22(34)12-38-20/h1-9H,10-12H2,(H2,27,35)(H,28,36)(H,29,37)(H,32,34). The minimum absolute atomic E-state index is 0.0153. The molecule has 2 aromatic heterocycles. The Kier molecular flexibility index (Phi) is 6.39. The van der Waals surface area contributed by atoms with Crippen molar-refractivity contribution in [3.63, 3.8) is 0 Å². The molecule has 0 spiro atoms. The lowest BCUT2D eigenvalue weighted by molar-refractivity contribution is -0.118. The Labute approximate surface area is 214 Å². The van der Waals surface area contributed by atoms with Crippen molar-refractivity contribution in [2.45, 2.75) is 13.1 Å². The summed E-state index contributed by atoms with van der Waals surface area (Å²) in [5.74, 6) is -2.36. The topological polar surface area (TPSA) is 170 Å². The molecule has 0 atom stereocenters. The largest absolute Gasteiger partial charge is 0.482 e. The number of rotatable bonds is 7. The van der Waals surface area contributed by atoms with Gasteiger partial charge in [-0.2, -0.15) is 5.10 Å².